The van der Waals surface area contributed by atoms with Gasteiger partial charge in [0.2, 0.25) is 23.6 Å². The number of imide groups is 2. The Kier molecular flexibility index (Phi) is 8.45. The van der Waals surface area contributed by atoms with E-state index in [4.69, 9.17) is 16.3 Å². The van der Waals surface area contributed by atoms with Gasteiger partial charge in [0, 0.05) is 17.3 Å². The van der Waals surface area contributed by atoms with Gasteiger partial charge in [-0.2, -0.15) is 0 Å². The number of halogens is 2. The van der Waals surface area contributed by atoms with Gasteiger partial charge in [0.25, 0.3) is 0 Å². The van der Waals surface area contributed by atoms with Crippen molar-refractivity contribution in [3.63, 3.8) is 0 Å². The van der Waals surface area contributed by atoms with Crippen LogP contribution in [0.4, 0.5) is 27.1 Å². The highest BCUT2D eigenvalue weighted by molar-refractivity contribution is 6.31. The molecule has 0 radical (unpaired) electrons. The summed E-state index contributed by atoms with van der Waals surface area (Å²) in [5.41, 5.74) is 2.53. The SMILES string of the molecule is COc1cc(C=CC2C3=CCC4C(=O)N(c5ccc(Nc6ccccc6)cc5)C(=O)C4C3CC3C(=O)N(c4ccc(F)c(Cl)c4)C(=O)C23C)ccc1O. The average Bonchev–Trinajstić information content (AvgIpc) is 3.53. The molecule has 9 nitrogen and oxygen atoms in total. The first-order chi connectivity index (χ1) is 25.5. The lowest BCUT2D eigenvalue weighted by Crippen LogP contribution is -2.49. The van der Waals surface area contributed by atoms with Crippen molar-refractivity contribution in [1.82, 2.24) is 0 Å². The van der Waals surface area contributed by atoms with Crippen LogP contribution in [0.2, 0.25) is 5.02 Å². The summed E-state index contributed by atoms with van der Waals surface area (Å²) in [6.07, 6.45) is 6.10. The van der Waals surface area contributed by atoms with Crippen molar-refractivity contribution in [3.05, 3.63) is 125 Å². The molecule has 4 aliphatic rings. The van der Waals surface area contributed by atoms with Gasteiger partial charge in [-0.15, -0.1) is 0 Å². The maximum absolute atomic E-state index is 14.6. The topological polar surface area (TPSA) is 116 Å². The number of nitrogens with one attached hydrogen (secondary N) is 1. The van der Waals surface area contributed by atoms with E-state index in [0.29, 0.717) is 17.7 Å². The van der Waals surface area contributed by atoms with E-state index in [0.717, 1.165) is 27.9 Å². The van der Waals surface area contributed by atoms with Crippen LogP contribution in [0.15, 0.2) is 109 Å². The van der Waals surface area contributed by atoms with E-state index in [1.54, 1.807) is 37.3 Å². The number of hydrogen-bond acceptors (Lipinski definition) is 7. The molecule has 2 saturated heterocycles. The van der Waals surface area contributed by atoms with Crippen molar-refractivity contribution < 1.29 is 33.4 Å². The Morgan fingerprint density at radius 2 is 1.58 bits per heavy atom. The van der Waals surface area contributed by atoms with E-state index < -0.39 is 52.6 Å². The van der Waals surface area contributed by atoms with Gasteiger partial charge in [-0.3, -0.25) is 24.1 Å². The van der Waals surface area contributed by atoms with E-state index in [2.05, 4.69) is 5.32 Å². The molecule has 2 heterocycles. The molecule has 2 N–H and O–H groups in total. The number of methoxy groups -OCH3 is 1. The molecule has 0 aromatic heterocycles. The Morgan fingerprint density at radius 1 is 0.868 bits per heavy atom. The fourth-order valence-electron chi connectivity index (χ4n) is 8.73. The summed E-state index contributed by atoms with van der Waals surface area (Å²) in [6, 6.07) is 25.4. The van der Waals surface area contributed by atoms with Crippen LogP contribution < -0.4 is 19.9 Å². The number of fused-ring (bicyclic) bond motifs is 4. The number of hydrogen-bond donors (Lipinski definition) is 2. The zero-order valence-electron chi connectivity index (χ0n) is 28.8. The number of ether oxygens (including phenoxy) is 1. The number of benzene rings is 4. The summed E-state index contributed by atoms with van der Waals surface area (Å²) in [5.74, 6) is -5.40. The van der Waals surface area contributed by atoms with E-state index in [9.17, 15) is 28.7 Å². The van der Waals surface area contributed by atoms with Crippen LogP contribution in [-0.4, -0.2) is 35.8 Å². The number of phenols is 1. The first-order valence-corrected chi connectivity index (χ1v) is 17.8. The van der Waals surface area contributed by atoms with Gasteiger partial charge in [-0.1, -0.05) is 59.7 Å². The summed E-state index contributed by atoms with van der Waals surface area (Å²) in [4.78, 5) is 59.7. The average molecular weight is 732 g/mol. The summed E-state index contributed by atoms with van der Waals surface area (Å²) >= 11 is 6.11. The Bertz CT molecular complexity index is 2240. The Balaban J connectivity index is 1.16. The van der Waals surface area contributed by atoms with Crippen molar-refractivity contribution in [2.45, 2.75) is 19.8 Å². The molecular weight excluding hydrogens is 697 g/mol. The lowest BCUT2D eigenvalue weighted by Gasteiger charge is -2.47. The molecule has 0 spiro atoms. The largest absolute Gasteiger partial charge is 0.504 e. The molecule has 6 atom stereocenters. The Labute approximate surface area is 310 Å². The molecule has 6 unspecified atom stereocenters. The lowest BCUT2D eigenvalue weighted by atomic mass is 9.52. The zero-order valence-corrected chi connectivity index (χ0v) is 29.6. The van der Waals surface area contributed by atoms with E-state index >= 15 is 0 Å². The standard InChI is InChI=1S/C42H35ClFN3O6/c1-42-31(17-8-23-9-19-35(48)36(20-23)53-2)28-15-16-29-37(30(28)22-32(42)39(50)47(41(42)52)27-14-18-34(44)33(43)21-27)40(51)46(38(29)49)26-12-10-25(11-13-26)45-24-6-4-3-5-7-24/h3-15,17-21,29-32,37,45,48H,16,22H2,1-2H3. The highest BCUT2D eigenvalue weighted by atomic mass is 35.5. The lowest BCUT2D eigenvalue weighted by molar-refractivity contribution is -0.132. The number of phenolic OH excluding ortho intramolecular Hbond substituents is 1. The molecule has 4 aromatic carbocycles. The van der Waals surface area contributed by atoms with Gasteiger partial charge in [0.1, 0.15) is 5.82 Å². The number of nitrogens with zero attached hydrogens (tertiary/aromatic N) is 2. The number of para-hydroxylation sites is 1. The minimum absolute atomic E-state index is 0.0309. The molecule has 0 bridgehead atoms. The second kappa shape index (κ2) is 13.0. The van der Waals surface area contributed by atoms with Crippen LogP contribution in [0.5, 0.6) is 11.5 Å². The third-order valence-corrected chi connectivity index (χ3v) is 11.7. The summed E-state index contributed by atoms with van der Waals surface area (Å²) in [5, 5.41) is 13.3. The van der Waals surface area contributed by atoms with Crippen molar-refractivity contribution >= 4 is 64.1 Å². The summed E-state index contributed by atoms with van der Waals surface area (Å²) < 4.78 is 19.5. The second-order valence-electron chi connectivity index (χ2n) is 14.1. The highest BCUT2D eigenvalue weighted by Gasteiger charge is 2.67. The normalized spacial score (nSPS) is 26.4. The van der Waals surface area contributed by atoms with Crippen molar-refractivity contribution in [3.8, 4) is 11.5 Å². The first kappa shape index (κ1) is 34.4. The molecular formula is C42H35ClFN3O6. The fraction of sp³-hybridized carbons (Fsp3) is 0.238. The number of aromatic hydroxyl groups is 1. The first-order valence-electron chi connectivity index (χ1n) is 17.4. The maximum Gasteiger partial charge on any atom is 0.241 e. The number of carbonyl (C=O) groups is 4. The van der Waals surface area contributed by atoms with Crippen LogP contribution in [-0.2, 0) is 19.2 Å². The molecule has 1 saturated carbocycles. The van der Waals surface area contributed by atoms with Crippen LogP contribution in [0.3, 0.4) is 0 Å². The number of rotatable bonds is 7. The Hall–Kier alpha value is -5.74. The van der Waals surface area contributed by atoms with Crippen LogP contribution in [0.25, 0.3) is 6.08 Å². The molecule has 268 valence electrons. The van der Waals surface area contributed by atoms with Crippen LogP contribution in [0, 0.1) is 40.8 Å². The predicted molar refractivity (Wildman–Crippen MR) is 199 cm³/mol. The van der Waals surface area contributed by atoms with Gasteiger partial charge < -0.3 is 15.2 Å². The van der Waals surface area contributed by atoms with Gasteiger partial charge in [-0.05, 0) is 98.0 Å². The maximum atomic E-state index is 14.6. The van der Waals surface area contributed by atoms with Crippen molar-refractivity contribution in [1.29, 1.82) is 0 Å². The molecule has 8 rings (SSSR count). The minimum atomic E-state index is -1.28. The number of amides is 4. The van der Waals surface area contributed by atoms with E-state index in [1.165, 1.54) is 30.2 Å². The smallest absolute Gasteiger partial charge is 0.241 e. The van der Waals surface area contributed by atoms with Gasteiger partial charge in [0.15, 0.2) is 11.5 Å². The van der Waals surface area contributed by atoms with E-state index in [1.807, 2.05) is 54.6 Å². The molecule has 2 aliphatic carbocycles. The van der Waals surface area contributed by atoms with Crippen LogP contribution >= 0.6 is 11.6 Å². The fourth-order valence-corrected chi connectivity index (χ4v) is 8.91. The number of allylic oxidation sites excluding steroid dienone is 3. The third kappa shape index (κ3) is 5.51. The van der Waals surface area contributed by atoms with Gasteiger partial charge >= 0.3 is 0 Å². The second-order valence-corrected chi connectivity index (χ2v) is 14.6. The van der Waals surface area contributed by atoms with Gasteiger partial charge in [-0.25, -0.2) is 9.29 Å². The Morgan fingerprint density at radius 3 is 2.30 bits per heavy atom. The summed E-state index contributed by atoms with van der Waals surface area (Å²) in [7, 11) is 1.45. The van der Waals surface area contributed by atoms with E-state index in [-0.39, 0.29) is 40.4 Å². The zero-order chi connectivity index (χ0) is 37.2. The number of anilines is 4. The minimum Gasteiger partial charge on any atom is -0.504 e. The number of carbonyl (C=O) groups excluding carboxylic acids is 4. The molecule has 53 heavy (non-hydrogen) atoms. The quantitative estimate of drug-likeness (QED) is 0.147. The predicted octanol–water partition coefficient (Wildman–Crippen LogP) is 7.92. The molecule has 4 amide bonds. The highest BCUT2D eigenvalue weighted by Crippen LogP contribution is 2.61. The van der Waals surface area contributed by atoms with Crippen LogP contribution in [0.1, 0.15) is 25.3 Å². The summed E-state index contributed by atoms with van der Waals surface area (Å²) in [6.45, 7) is 1.76. The van der Waals surface area contributed by atoms with Gasteiger partial charge in [0.05, 0.1) is 46.7 Å². The third-order valence-electron chi connectivity index (χ3n) is 11.4. The molecule has 4 aromatic rings. The molecule has 3 fully saturated rings. The molecule has 2 aliphatic heterocycles. The molecule has 11 heteroatoms. The van der Waals surface area contributed by atoms with Crippen molar-refractivity contribution in [2.75, 3.05) is 22.2 Å². The van der Waals surface area contributed by atoms with Crippen molar-refractivity contribution in [2.24, 2.45) is 35.0 Å². The monoisotopic (exact) mass is 731 g/mol.